The summed E-state index contributed by atoms with van der Waals surface area (Å²) in [6.45, 7) is 3.57. The van der Waals surface area contributed by atoms with Gasteiger partial charge >= 0.3 is 0 Å². The normalized spacial score (nSPS) is 14.7. The van der Waals surface area contributed by atoms with E-state index in [-0.39, 0.29) is 17.9 Å². The van der Waals surface area contributed by atoms with E-state index in [1.807, 2.05) is 6.92 Å². The van der Waals surface area contributed by atoms with Gasteiger partial charge in [-0.05, 0) is 38.0 Å². The molecule has 0 radical (unpaired) electrons. The minimum absolute atomic E-state index is 0.0390. The van der Waals surface area contributed by atoms with Crippen molar-refractivity contribution >= 4 is 45.7 Å². The summed E-state index contributed by atoms with van der Waals surface area (Å²) in [5, 5.41) is 11.1. The van der Waals surface area contributed by atoms with Gasteiger partial charge in [-0.1, -0.05) is 36.1 Å². The molecule has 2 amide bonds. The van der Waals surface area contributed by atoms with Gasteiger partial charge in [0.15, 0.2) is 4.34 Å². The van der Waals surface area contributed by atoms with Crippen molar-refractivity contribution in [3.8, 4) is 0 Å². The van der Waals surface area contributed by atoms with Crippen LogP contribution in [0.2, 0.25) is 0 Å². The highest BCUT2D eigenvalue weighted by molar-refractivity contribution is 8.02. The number of amides is 2. The summed E-state index contributed by atoms with van der Waals surface area (Å²) < 4.78 is 13.8. The molecule has 1 aromatic heterocycles. The van der Waals surface area contributed by atoms with E-state index in [0.29, 0.717) is 21.6 Å². The second kappa shape index (κ2) is 8.13. The van der Waals surface area contributed by atoms with Gasteiger partial charge in [0.1, 0.15) is 5.82 Å². The van der Waals surface area contributed by atoms with Gasteiger partial charge in [0.2, 0.25) is 16.9 Å². The maximum absolute atomic E-state index is 13.2. The van der Waals surface area contributed by atoms with Gasteiger partial charge in [0, 0.05) is 18.2 Å². The van der Waals surface area contributed by atoms with Crippen LogP contribution in [0.5, 0.6) is 0 Å². The molecular weight excluding hydrogens is 375 g/mol. The van der Waals surface area contributed by atoms with Crippen LogP contribution in [0.3, 0.4) is 0 Å². The minimum Gasteiger partial charge on any atom is -0.325 e. The number of halogens is 1. The van der Waals surface area contributed by atoms with E-state index in [4.69, 9.17) is 0 Å². The third-order valence-electron chi connectivity index (χ3n) is 3.82. The van der Waals surface area contributed by atoms with Crippen molar-refractivity contribution in [3.63, 3.8) is 0 Å². The molecule has 1 fully saturated rings. The highest BCUT2D eigenvalue weighted by atomic mass is 32.2. The number of anilines is 2. The Morgan fingerprint density at radius 2 is 2.19 bits per heavy atom. The first-order valence-electron chi connectivity index (χ1n) is 8.36. The molecule has 1 N–H and O–H groups in total. The van der Waals surface area contributed by atoms with Gasteiger partial charge in [-0.2, -0.15) is 0 Å². The summed E-state index contributed by atoms with van der Waals surface area (Å²) in [4.78, 5) is 26.1. The summed E-state index contributed by atoms with van der Waals surface area (Å²) in [5.74, 6) is -0.615. The average Bonchev–Trinajstić information content (AvgIpc) is 3.34. The molecule has 1 saturated carbocycles. The Bertz CT molecular complexity index is 810. The standard InChI is InChI=1S/C17H19FN4O2S2/c1-3-14(23)22(13-7-8-13)16-20-21-17(26-16)25-10(2)15(24)19-12-6-4-5-11(18)9-12/h4-6,9-10,13H,3,7-8H2,1-2H3,(H,19,24)/t10-/m1/s1. The van der Waals surface area contributed by atoms with Crippen molar-refractivity contribution in [2.24, 2.45) is 0 Å². The van der Waals surface area contributed by atoms with Crippen LogP contribution in [0.4, 0.5) is 15.2 Å². The number of thioether (sulfide) groups is 1. The number of carbonyl (C=O) groups is 2. The van der Waals surface area contributed by atoms with Crippen molar-refractivity contribution in [1.29, 1.82) is 0 Å². The molecule has 0 spiro atoms. The molecule has 0 unspecified atom stereocenters. The van der Waals surface area contributed by atoms with Gasteiger partial charge in [0.05, 0.1) is 5.25 Å². The molecule has 3 rings (SSSR count). The fourth-order valence-electron chi connectivity index (χ4n) is 2.33. The number of nitrogens with zero attached hydrogens (tertiary/aromatic N) is 3. The van der Waals surface area contributed by atoms with Crippen molar-refractivity contribution in [2.45, 2.75) is 48.7 Å². The molecular formula is C17H19FN4O2S2. The molecule has 1 aliphatic rings. The molecule has 0 bridgehead atoms. The van der Waals surface area contributed by atoms with Gasteiger partial charge in [-0.3, -0.25) is 14.5 Å². The topological polar surface area (TPSA) is 75.2 Å². The van der Waals surface area contributed by atoms with Gasteiger partial charge in [-0.15, -0.1) is 10.2 Å². The number of benzene rings is 1. The molecule has 1 atom stereocenters. The minimum atomic E-state index is -0.435. The molecule has 0 saturated heterocycles. The number of aromatic nitrogens is 2. The van der Waals surface area contributed by atoms with E-state index >= 15 is 0 Å². The van der Waals surface area contributed by atoms with Crippen molar-refractivity contribution in [3.05, 3.63) is 30.1 Å². The lowest BCUT2D eigenvalue weighted by Crippen LogP contribution is -2.32. The first-order chi connectivity index (χ1) is 12.5. The van der Waals surface area contributed by atoms with Crippen LogP contribution in [0.25, 0.3) is 0 Å². The highest BCUT2D eigenvalue weighted by Gasteiger charge is 2.35. The van der Waals surface area contributed by atoms with E-state index in [9.17, 15) is 14.0 Å². The SMILES string of the molecule is CCC(=O)N(c1nnc(S[C@H](C)C(=O)Nc2cccc(F)c2)s1)C1CC1. The second-order valence-electron chi connectivity index (χ2n) is 5.96. The van der Waals surface area contributed by atoms with E-state index in [1.54, 1.807) is 17.9 Å². The third-order valence-corrected chi connectivity index (χ3v) is 5.93. The number of hydrogen-bond donors (Lipinski definition) is 1. The predicted octanol–water partition coefficient (Wildman–Crippen LogP) is 3.70. The highest BCUT2D eigenvalue weighted by Crippen LogP contribution is 2.37. The summed E-state index contributed by atoms with van der Waals surface area (Å²) >= 11 is 2.58. The van der Waals surface area contributed by atoms with E-state index in [2.05, 4.69) is 15.5 Å². The Morgan fingerprint density at radius 3 is 2.85 bits per heavy atom. The van der Waals surface area contributed by atoms with Crippen LogP contribution >= 0.6 is 23.1 Å². The van der Waals surface area contributed by atoms with E-state index in [0.717, 1.165) is 12.8 Å². The number of rotatable bonds is 7. The average molecular weight is 394 g/mol. The molecule has 9 heteroatoms. The molecule has 2 aromatic rings. The lowest BCUT2D eigenvalue weighted by Gasteiger charge is -2.17. The number of carbonyl (C=O) groups excluding carboxylic acids is 2. The zero-order valence-corrected chi connectivity index (χ0v) is 16.1. The lowest BCUT2D eigenvalue weighted by atomic mass is 10.3. The van der Waals surface area contributed by atoms with Crippen molar-refractivity contribution in [1.82, 2.24) is 10.2 Å². The summed E-state index contributed by atoms with van der Waals surface area (Å²) in [6.07, 6.45) is 2.39. The van der Waals surface area contributed by atoms with Gasteiger partial charge < -0.3 is 5.32 Å². The van der Waals surface area contributed by atoms with Crippen LogP contribution < -0.4 is 10.2 Å². The Morgan fingerprint density at radius 1 is 1.42 bits per heavy atom. The molecule has 1 heterocycles. The Balaban J connectivity index is 1.62. The molecule has 1 aromatic carbocycles. The molecule has 26 heavy (non-hydrogen) atoms. The molecule has 138 valence electrons. The zero-order valence-electron chi connectivity index (χ0n) is 14.4. The summed E-state index contributed by atoms with van der Waals surface area (Å²) in [5.41, 5.74) is 0.411. The Hall–Kier alpha value is -2.00. The quantitative estimate of drug-likeness (QED) is 0.572. The largest absolute Gasteiger partial charge is 0.325 e. The first-order valence-corrected chi connectivity index (χ1v) is 10.1. The van der Waals surface area contributed by atoms with Crippen LogP contribution in [0, 0.1) is 5.82 Å². The monoisotopic (exact) mass is 394 g/mol. The van der Waals surface area contributed by atoms with Crippen LogP contribution in [-0.2, 0) is 9.59 Å². The molecule has 0 aliphatic heterocycles. The molecule has 1 aliphatic carbocycles. The van der Waals surface area contributed by atoms with E-state index < -0.39 is 11.1 Å². The maximum atomic E-state index is 13.2. The van der Waals surface area contributed by atoms with Crippen LogP contribution in [-0.4, -0.2) is 33.3 Å². The van der Waals surface area contributed by atoms with Gasteiger partial charge in [0.25, 0.3) is 0 Å². The van der Waals surface area contributed by atoms with Crippen LogP contribution in [0.1, 0.15) is 33.1 Å². The van der Waals surface area contributed by atoms with E-state index in [1.165, 1.54) is 41.3 Å². The Kier molecular flexibility index (Phi) is 5.87. The van der Waals surface area contributed by atoms with Crippen molar-refractivity contribution in [2.75, 3.05) is 10.2 Å². The lowest BCUT2D eigenvalue weighted by molar-refractivity contribution is -0.118. The zero-order chi connectivity index (χ0) is 18.7. The van der Waals surface area contributed by atoms with Crippen molar-refractivity contribution < 1.29 is 14.0 Å². The third kappa shape index (κ3) is 4.59. The fraction of sp³-hybridized carbons (Fsp3) is 0.412. The smallest absolute Gasteiger partial charge is 0.237 e. The second-order valence-corrected chi connectivity index (χ2v) is 8.50. The fourth-order valence-corrected chi connectivity index (χ4v) is 4.41. The molecule has 6 nitrogen and oxygen atoms in total. The summed E-state index contributed by atoms with van der Waals surface area (Å²) in [6, 6.07) is 5.98. The van der Waals surface area contributed by atoms with Crippen LogP contribution in [0.15, 0.2) is 28.6 Å². The Labute approximate surface area is 159 Å². The maximum Gasteiger partial charge on any atom is 0.237 e. The number of nitrogens with one attached hydrogen (secondary N) is 1. The van der Waals surface area contributed by atoms with Gasteiger partial charge in [-0.25, -0.2) is 4.39 Å². The first kappa shape index (κ1) is 18.8. The summed E-state index contributed by atoms with van der Waals surface area (Å²) in [7, 11) is 0. The number of hydrogen-bond acceptors (Lipinski definition) is 6. The predicted molar refractivity (Wildman–Crippen MR) is 101 cm³/mol.